The van der Waals surface area contributed by atoms with E-state index in [0.717, 1.165) is 11.2 Å². The molecule has 0 aromatic heterocycles. The predicted octanol–water partition coefficient (Wildman–Crippen LogP) is 1.50. The van der Waals surface area contributed by atoms with Crippen molar-refractivity contribution in [1.29, 1.82) is 0 Å². The van der Waals surface area contributed by atoms with Gasteiger partial charge in [0.15, 0.2) is 0 Å². The molecule has 0 amide bonds. The van der Waals surface area contributed by atoms with E-state index in [1.807, 2.05) is 0 Å². The Balaban J connectivity index is 1.25. The standard InChI is InChI=1S/C15H29N3S/c1-2-14(1)13-18-9-7-17(8-10-18)11-12-19-15-3-5-16-6-4-15/h14-16H,1-13H2. The van der Waals surface area contributed by atoms with Gasteiger partial charge in [0.05, 0.1) is 0 Å². The maximum Gasteiger partial charge on any atom is 0.0110 e. The highest BCUT2D eigenvalue weighted by Gasteiger charge is 2.26. The molecular formula is C15H29N3S. The molecule has 0 aromatic rings. The number of rotatable bonds is 6. The van der Waals surface area contributed by atoms with Gasteiger partial charge in [-0.05, 0) is 44.7 Å². The second-order valence-electron chi connectivity index (χ2n) is 6.41. The highest BCUT2D eigenvalue weighted by molar-refractivity contribution is 7.99. The first-order chi connectivity index (χ1) is 9.40. The topological polar surface area (TPSA) is 18.5 Å². The first-order valence-electron chi connectivity index (χ1n) is 8.17. The number of thioether (sulfide) groups is 1. The quantitative estimate of drug-likeness (QED) is 0.796. The summed E-state index contributed by atoms with van der Waals surface area (Å²) in [5.41, 5.74) is 0. The van der Waals surface area contributed by atoms with Crippen LogP contribution in [-0.4, -0.2) is 73.2 Å². The Morgan fingerprint density at radius 2 is 1.58 bits per heavy atom. The lowest BCUT2D eigenvalue weighted by molar-refractivity contribution is 0.134. The van der Waals surface area contributed by atoms with Crippen molar-refractivity contribution in [3.05, 3.63) is 0 Å². The normalized spacial score (nSPS) is 27.8. The molecule has 1 N–H and O–H groups in total. The Morgan fingerprint density at radius 1 is 0.895 bits per heavy atom. The lowest BCUT2D eigenvalue weighted by atomic mass is 10.2. The Morgan fingerprint density at radius 3 is 2.26 bits per heavy atom. The van der Waals surface area contributed by atoms with E-state index in [1.165, 1.54) is 83.8 Å². The van der Waals surface area contributed by atoms with Crippen molar-refractivity contribution in [2.24, 2.45) is 5.92 Å². The number of nitrogens with zero attached hydrogens (tertiary/aromatic N) is 2. The van der Waals surface area contributed by atoms with E-state index in [9.17, 15) is 0 Å². The van der Waals surface area contributed by atoms with Crippen molar-refractivity contribution in [2.45, 2.75) is 30.9 Å². The molecule has 0 bridgehead atoms. The molecule has 0 aromatic carbocycles. The average molecular weight is 283 g/mol. The van der Waals surface area contributed by atoms with Gasteiger partial charge >= 0.3 is 0 Å². The van der Waals surface area contributed by atoms with Crippen LogP contribution in [0.25, 0.3) is 0 Å². The highest BCUT2D eigenvalue weighted by atomic mass is 32.2. The molecular weight excluding hydrogens is 254 g/mol. The van der Waals surface area contributed by atoms with Gasteiger partial charge in [0.2, 0.25) is 0 Å². The maximum atomic E-state index is 3.45. The first kappa shape index (κ1) is 14.2. The van der Waals surface area contributed by atoms with Gasteiger partial charge in [-0.25, -0.2) is 0 Å². The Hall–Kier alpha value is 0.230. The van der Waals surface area contributed by atoms with Gasteiger partial charge in [-0.2, -0.15) is 11.8 Å². The van der Waals surface area contributed by atoms with Crippen LogP contribution in [0, 0.1) is 5.92 Å². The van der Waals surface area contributed by atoms with Crippen LogP contribution in [-0.2, 0) is 0 Å². The zero-order valence-corrected chi connectivity index (χ0v) is 13.0. The third-order valence-electron chi connectivity index (χ3n) is 4.73. The molecule has 3 fully saturated rings. The van der Waals surface area contributed by atoms with Crippen LogP contribution in [0.4, 0.5) is 0 Å². The molecule has 1 aliphatic carbocycles. The Kier molecular flexibility index (Phi) is 5.45. The summed E-state index contributed by atoms with van der Waals surface area (Å²) in [6.45, 7) is 10.4. The molecule has 0 atom stereocenters. The number of hydrogen-bond acceptors (Lipinski definition) is 4. The molecule has 0 radical (unpaired) electrons. The third kappa shape index (κ3) is 4.92. The maximum absolute atomic E-state index is 3.45. The average Bonchev–Trinajstić information content (AvgIpc) is 3.26. The van der Waals surface area contributed by atoms with Crippen molar-refractivity contribution in [3.8, 4) is 0 Å². The van der Waals surface area contributed by atoms with Crippen LogP contribution >= 0.6 is 11.8 Å². The first-order valence-corrected chi connectivity index (χ1v) is 9.22. The highest BCUT2D eigenvalue weighted by Crippen LogP contribution is 2.30. The summed E-state index contributed by atoms with van der Waals surface area (Å²) < 4.78 is 0. The molecule has 2 saturated heterocycles. The summed E-state index contributed by atoms with van der Waals surface area (Å²) in [4.78, 5) is 5.37. The molecule has 0 unspecified atom stereocenters. The van der Waals surface area contributed by atoms with Crippen molar-refractivity contribution < 1.29 is 0 Å². The second kappa shape index (κ2) is 7.30. The van der Waals surface area contributed by atoms with E-state index < -0.39 is 0 Å². The monoisotopic (exact) mass is 283 g/mol. The van der Waals surface area contributed by atoms with Crippen molar-refractivity contribution in [3.63, 3.8) is 0 Å². The van der Waals surface area contributed by atoms with Crippen LogP contribution in [0.1, 0.15) is 25.7 Å². The molecule has 1 saturated carbocycles. The van der Waals surface area contributed by atoms with E-state index in [4.69, 9.17) is 0 Å². The van der Waals surface area contributed by atoms with Crippen LogP contribution < -0.4 is 5.32 Å². The fraction of sp³-hybridized carbons (Fsp3) is 1.00. The minimum Gasteiger partial charge on any atom is -0.317 e. The SMILES string of the molecule is C1CC(SCCN2CCN(CC3CC3)CC2)CCN1. The van der Waals surface area contributed by atoms with Crippen LogP contribution in [0.3, 0.4) is 0 Å². The summed E-state index contributed by atoms with van der Waals surface area (Å²) in [5, 5.41) is 4.38. The Labute approximate surface area is 122 Å². The molecule has 2 aliphatic heterocycles. The summed E-state index contributed by atoms with van der Waals surface area (Å²) in [6.07, 6.45) is 5.74. The number of piperidine rings is 1. The number of piperazine rings is 1. The third-order valence-corrected chi connectivity index (χ3v) is 6.09. The molecule has 4 heteroatoms. The van der Waals surface area contributed by atoms with Crippen LogP contribution in [0.2, 0.25) is 0 Å². The predicted molar refractivity (Wildman–Crippen MR) is 84.0 cm³/mol. The van der Waals surface area contributed by atoms with Gasteiger partial charge in [-0.1, -0.05) is 0 Å². The van der Waals surface area contributed by atoms with Crippen molar-refractivity contribution in [2.75, 3.05) is 58.1 Å². The summed E-state index contributed by atoms with van der Waals surface area (Å²) in [6, 6.07) is 0. The van der Waals surface area contributed by atoms with Crippen molar-refractivity contribution in [1.82, 2.24) is 15.1 Å². The molecule has 110 valence electrons. The molecule has 3 aliphatic rings. The minimum absolute atomic E-state index is 0.928. The summed E-state index contributed by atoms with van der Waals surface area (Å²) in [5.74, 6) is 2.40. The van der Waals surface area contributed by atoms with E-state index in [1.54, 1.807) is 0 Å². The van der Waals surface area contributed by atoms with Crippen LogP contribution in [0.5, 0.6) is 0 Å². The number of hydrogen-bond donors (Lipinski definition) is 1. The smallest absolute Gasteiger partial charge is 0.0110 e. The lowest BCUT2D eigenvalue weighted by Gasteiger charge is -2.35. The van der Waals surface area contributed by atoms with Gasteiger partial charge in [0, 0.05) is 50.3 Å². The van der Waals surface area contributed by atoms with Crippen LogP contribution in [0.15, 0.2) is 0 Å². The van der Waals surface area contributed by atoms with Gasteiger partial charge in [0.1, 0.15) is 0 Å². The molecule has 3 nitrogen and oxygen atoms in total. The summed E-state index contributed by atoms with van der Waals surface area (Å²) in [7, 11) is 0. The van der Waals surface area contributed by atoms with Crippen molar-refractivity contribution >= 4 is 11.8 Å². The minimum atomic E-state index is 0.928. The zero-order chi connectivity index (χ0) is 12.9. The zero-order valence-electron chi connectivity index (χ0n) is 12.1. The lowest BCUT2D eigenvalue weighted by Crippen LogP contribution is -2.47. The number of nitrogens with one attached hydrogen (secondary N) is 1. The molecule has 19 heavy (non-hydrogen) atoms. The van der Waals surface area contributed by atoms with E-state index in [0.29, 0.717) is 0 Å². The van der Waals surface area contributed by atoms with E-state index in [-0.39, 0.29) is 0 Å². The largest absolute Gasteiger partial charge is 0.317 e. The molecule has 0 spiro atoms. The fourth-order valence-electron chi connectivity index (χ4n) is 3.17. The van der Waals surface area contributed by atoms with Gasteiger partial charge in [0.25, 0.3) is 0 Å². The van der Waals surface area contributed by atoms with Gasteiger partial charge in [-0.15, -0.1) is 0 Å². The summed E-state index contributed by atoms with van der Waals surface area (Å²) >= 11 is 2.22. The van der Waals surface area contributed by atoms with Gasteiger partial charge < -0.3 is 10.2 Å². The second-order valence-corrected chi connectivity index (χ2v) is 7.81. The fourth-order valence-corrected chi connectivity index (χ4v) is 4.44. The molecule has 2 heterocycles. The van der Waals surface area contributed by atoms with Gasteiger partial charge in [-0.3, -0.25) is 4.90 Å². The van der Waals surface area contributed by atoms with E-state index in [2.05, 4.69) is 26.9 Å². The Bertz CT molecular complexity index is 256. The molecule has 3 rings (SSSR count). The van der Waals surface area contributed by atoms with E-state index >= 15 is 0 Å².